The normalized spacial score (nSPS) is 18.2. The predicted octanol–water partition coefficient (Wildman–Crippen LogP) is -0.216. The molecule has 0 aliphatic heterocycles. The van der Waals surface area contributed by atoms with E-state index in [0.29, 0.717) is 0 Å². The van der Waals surface area contributed by atoms with Gasteiger partial charge in [-0.15, -0.1) is 0 Å². The summed E-state index contributed by atoms with van der Waals surface area (Å²) in [6, 6.07) is 0. The van der Waals surface area contributed by atoms with Gasteiger partial charge in [0.25, 0.3) is 0 Å². The van der Waals surface area contributed by atoms with Crippen molar-refractivity contribution in [2.75, 3.05) is 12.5 Å². The third-order valence-electron chi connectivity index (χ3n) is 1.59. The molecule has 5 nitrogen and oxygen atoms in total. The van der Waals surface area contributed by atoms with Crippen LogP contribution in [0, 0.1) is 0 Å². The van der Waals surface area contributed by atoms with Crippen molar-refractivity contribution in [3.63, 3.8) is 0 Å². The minimum absolute atomic E-state index is 0.993. The van der Waals surface area contributed by atoms with E-state index in [4.69, 9.17) is 4.74 Å². The van der Waals surface area contributed by atoms with Crippen molar-refractivity contribution in [1.82, 2.24) is 0 Å². The summed E-state index contributed by atoms with van der Waals surface area (Å²) >= 11 is 0. The fourth-order valence-corrected chi connectivity index (χ4v) is 1.28. The number of hydrogen-bond acceptors (Lipinski definition) is 5. The molecule has 0 rings (SSSR count). The van der Waals surface area contributed by atoms with Crippen LogP contribution in [0.1, 0.15) is 13.8 Å². The van der Waals surface area contributed by atoms with Crippen LogP contribution in [-0.2, 0) is 24.4 Å². The van der Waals surface area contributed by atoms with Gasteiger partial charge in [0.05, 0.1) is 0 Å². The molecule has 0 heterocycles. The van der Waals surface area contributed by atoms with E-state index in [9.17, 15) is 16.8 Å². The highest BCUT2D eigenvalue weighted by Gasteiger charge is 2.23. The first-order chi connectivity index (χ1) is 5.55. The van der Waals surface area contributed by atoms with Crippen LogP contribution in [0.15, 0.2) is 0 Å². The van der Waals surface area contributed by atoms with Crippen LogP contribution in [0.3, 0.4) is 0 Å². The first-order valence-electron chi connectivity index (χ1n) is 3.58. The molecule has 0 amide bonds. The van der Waals surface area contributed by atoms with Crippen molar-refractivity contribution in [2.24, 2.45) is 0 Å². The molecule has 80 valence electrons. The van der Waals surface area contributed by atoms with Crippen LogP contribution in [0.5, 0.6) is 0 Å². The van der Waals surface area contributed by atoms with E-state index in [1.165, 1.54) is 13.8 Å². The van der Waals surface area contributed by atoms with Crippen LogP contribution in [0.2, 0.25) is 0 Å². The maximum Gasteiger partial charge on any atom is 0.174 e. The standard InChI is InChI=1S/C6H14O5S2/c1-5(12(3,7)8)11-6(2)13(4,9)10/h5-6H,1-4H3. The molecule has 2 atom stereocenters. The zero-order valence-corrected chi connectivity index (χ0v) is 9.65. The van der Waals surface area contributed by atoms with Crippen LogP contribution < -0.4 is 0 Å². The Morgan fingerprint density at radius 2 is 1.08 bits per heavy atom. The Hall–Kier alpha value is -0.140. The molecule has 0 aliphatic carbocycles. The minimum Gasteiger partial charge on any atom is -0.344 e. The Bertz CT molecular complexity index is 316. The highest BCUT2D eigenvalue weighted by molar-refractivity contribution is 7.91. The second-order valence-corrected chi connectivity index (χ2v) is 7.58. The Balaban J connectivity index is 4.50. The quantitative estimate of drug-likeness (QED) is 0.667. The van der Waals surface area contributed by atoms with Crippen LogP contribution in [0.25, 0.3) is 0 Å². The lowest BCUT2D eigenvalue weighted by atomic mass is 10.8. The molecule has 13 heavy (non-hydrogen) atoms. The molecule has 7 heteroatoms. The van der Waals surface area contributed by atoms with E-state index in [1.54, 1.807) is 0 Å². The van der Waals surface area contributed by atoms with E-state index < -0.39 is 30.5 Å². The molecule has 0 aliphatic rings. The average molecular weight is 230 g/mol. The molecular formula is C6H14O5S2. The number of ether oxygens (including phenoxy) is 1. The van der Waals surface area contributed by atoms with Crippen molar-refractivity contribution >= 4 is 19.7 Å². The summed E-state index contributed by atoms with van der Waals surface area (Å²) in [7, 11) is -6.69. The van der Waals surface area contributed by atoms with Crippen molar-refractivity contribution in [1.29, 1.82) is 0 Å². The Labute approximate surface area is 78.9 Å². The lowest BCUT2D eigenvalue weighted by molar-refractivity contribution is 0.101. The molecule has 0 bridgehead atoms. The molecule has 0 N–H and O–H groups in total. The van der Waals surface area contributed by atoms with E-state index in [1.807, 2.05) is 0 Å². The van der Waals surface area contributed by atoms with Gasteiger partial charge in [0.2, 0.25) is 0 Å². The van der Waals surface area contributed by atoms with Crippen LogP contribution >= 0.6 is 0 Å². The fourth-order valence-electron chi connectivity index (χ4n) is 0.472. The average Bonchev–Trinajstić information content (AvgIpc) is 1.82. The van der Waals surface area contributed by atoms with Crippen LogP contribution in [-0.4, -0.2) is 40.2 Å². The van der Waals surface area contributed by atoms with Gasteiger partial charge in [-0.2, -0.15) is 0 Å². The van der Waals surface area contributed by atoms with Crippen molar-refractivity contribution in [3.8, 4) is 0 Å². The summed E-state index contributed by atoms with van der Waals surface area (Å²) in [6.07, 6.45) is 1.99. The maximum atomic E-state index is 10.9. The minimum atomic E-state index is -3.34. The van der Waals surface area contributed by atoms with E-state index in [-0.39, 0.29) is 0 Å². The second-order valence-electron chi connectivity index (χ2n) is 2.93. The topological polar surface area (TPSA) is 77.5 Å². The molecule has 0 aromatic heterocycles. The van der Waals surface area contributed by atoms with Crippen molar-refractivity contribution < 1.29 is 21.6 Å². The molecule has 0 fully saturated rings. The summed E-state index contributed by atoms with van der Waals surface area (Å²) < 4.78 is 48.3. The smallest absolute Gasteiger partial charge is 0.174 e. The van der Waals surface area contributed by atoms with Gasteiger partial charge in [-0.05, 0) is 13.8 Å². The highest BCUT2D eigenvalue weighted by atomic mass is 32.2. The van der Waals surface area contributed by atoms with Crippen molar-refractivity contribution in [2.45, 2.75) is 24.7 Å². The van der Waals surface area contributed by atoms with Gasteiger partial charge in [0, 0.05) is 12.5 Å². The van der Waals surface area contributed by atoms with Crippen LogP contribution in [0.4, 0.5) is 0 Å². The zero-order valence-electron chi connectivity index (χ0n) is 8.01. The molecule has 0 radical (unpaired) electrons. The summed E-state index contributed by atoms with van der Waals surface area (Å²) in [5, 5.41) is 0. The molecule has 2 unspecified atom stereocenters. The third kappa shape index (κ3) is 4.58. The summed E-state index contributed by atoms with van der Waals surface area (Å²) in [5.41, 5.74) is -2.20. The van der Waals surface area contributed by atoms with Gasteiger partial charge in [-0.25, -0.2) is 16.8 Å². The number of hydrogen-bond donors (Lipinski definition) is 0. The van der Waals surface area contributed by atoms with Crippen molar-refractivity contribution in [3.05, 3.63) is 0 Å². The molecular weight excluding hydrogens is 216 g/mol. The van der Waals surface area contributed by atoms with Gasteiger partial charge in [-0.1, -0.05) is 0 Å². The van der Waals surface area contributed by atoms with Gasteiger partial charge in [0.15, 0.2) is 30.5 Å². The molecule has 0 saturated carbocycles. The van der Waals surface area contributed by atoms with Gasteiger partial charge < -0.3 is 4.74 Å². The lowest BCUT2D eigenvalue weighted by Crippen LogP contribution is -2.29. The van der Waals surface area contributed by atoms with E-state index in [2.05, 4.69) is 0 Å². The largest absolute Gasteiger partial charge is 0.344 e. The highest BCUT2D eigenvalue weighted by Crippen LogP contribution is 2.08. The summed E-state index contributed by atoms with van der Waals surface area (Å²) in [4.78, 5) is 0. The second kappa shape index (κ2) is 3.93. The fraction of sp³-hybridized carbons (Fsp3) is 1.00. The zero-order chi connectivity index (χ0) is 10.9. The monoisotopic (exact) mass is 230 g/mol. The molecule has 0 aromatic rings. The van der Waals surface area contributed by atoms with Gasteiger partial charge in [0.1, 0.15) is 0 Å². The van der Waals surface area contributed by atoms with E-state index in [0.717, 1.165) is 12.5 Å². The number of sulfone groups is 2. The summed E-state index contributed by atoms with van der Waals surface area (Å²) in [5.74, 6) is 0. The Kier molecular flexibility index (Phi) is 3.89. The Morgan fingerprint density at radius 3 is 1.23 bits per heavy atom. The lowest BCUT2D eigenvalue weighted by Gasteiger charge is -2.15. The van der Waals surface area contributed by atoms with Gasteiger partial charge >= 0.3 is 0 Å². The SMILES string of the molecule is CC(OC(C)S(C)(=O)=O)S(C)(=O)=O. The Morgan fingerprint density at radius 1 is 0.846 bits per heavy atom. The summed E-state index contributed by atoms with van der Waals surface area (Å²) in [6.45, 7) is 2.61. The van der Waals surface area contributed by atoms with Gasteiger partial charge in [-0.3, -0.25) is 0 Å². The van der Waals surface area contributed by atoms with E-state index >= 15 is 0 Å². The first-order valence-corrected chi connectivity index (χ1v) is 7.49. The molecule has 0 spiro atoms. The first kappa shape index (κ1) is 12.9. The number of rotatable bonds is 4. The molecule has 0 saturated heterocycles. The predicted molar refractivity (Wildman–Crippen MR) is 49.7 cm³/mol. The maximum absolute atomic E-state index is 10.9. The molecule has 0 aromatic carbocycles. The third-order valence-corrected chi connectivity index (χ3v) is 4.22.